The van der Waals surface area contributed by atoms with Crippen molar-refractivity contribution in [2.24, 2.45) is 0 Å². The molecule has 15 heavy (non-hydrogen) atoms. The van der Waals surface area contributed by atoms with E-state index >= 15 is 0 Å². The second-order valence-electron chi connectivity index (χ2n) is 3.49. The lowest BCUT2D eigenvalue weighted by Gasteiger charge is -2.21. The summed E-state index contributed by atoms with van der Waals surface area (Å²) < 4.78 is 0. The van der Waals surface area contributed by atoms with Crippen LogP contribution in [0.15, 0.2) is 0 Å². The maximum absolute atomic E-state index is 11.4. The zero-order valence-electron chi connectivity index (χ0n) is 9.75. The molecule has 0 rings (SSSR count). The fraction of sp³-hybridized carbons (Fsp3) is 0.900. The number of aliphatic hydroxyl groups excluding tert-OH is 1. The van der Waals surface area contributed by atoms with Crippen LogP contribution < -0.4 is 10.6 Å². The molecule has 0 aliphatic rings. The van der Waals surface area contributed by atoms with Gasteiger partial charge in [0, 0.05) is 11.3 Å². The van der Waals surface area contributed by atoms with Crippen LogP contribution in [-0.4, -0.2) is 48.3 Å². The predicted octanol–water partition coefficient (Wildman–Crippen LogP) is 0.215. The lowest BCUT2D eigenvalue weighted by molar-refractivity contribution is -0.120. The molecule has 0 fully saturated rings. The van der Waals surface area contributed by atoms with E-state index in [1.165, 1.54) is 0 Å². The van der Waals surface area contributed by atoms with E-state index in [4.69, 9.17) is 5.11 Å². The molecule has 3 N–H and O–H groups in total. The minimum absolute atomic E-state index is 0.000858. The zero-order chi connectivity index (χ0) is 11.7. The van der Waals surface area contributed by atoms with Gasteiger partial charge in [0.15, 0.2) is 0 Å². The van der Waals surface area contributed by atoms with Crippen molar-refractivity contribution in [3.05, 3.63) is 0 Å². The van der Waals surface area contributed by atoms with Crippen molar-refractivity contribution in [1.29, 1.82) is 0 Å². The van der Waals surface area contributed by atoms with Crippen molar-refractivity contribution in [3.63, 3.8) is 0 Å². The smallest absolute Gasteiger partial charge is 0.234 e. The molecule has 0 aromatic heterocycles. The van der Waals surface area contributed by atoms with Crippen LogP contribution in [0.1, 0.15) is 20.3 Å². The van der Waals surface area contributed by atoms with Gasteiger partial charge in [0.05, 0.1) is 13.2 Å². The molecule has 2 unspecified atom stereocenters. The Morgan fingerprint density at radius 1 is 1.53 bits per heavy atom. The van der Waals surface area contributed by atoms with Crippen LogP contribution >= 0.6 is 11.8 Å². The molecular weight excluding hydrogens is 212 g/mol. The summed E-state index contributed by atoms with van der Waals surface area (Å²) in [6.07, 6.45) is 2.95. The molecule has 2 atom stereocenters. The highest BCUT2D eigenvalue weighted by atomic mass is 32.2. The highest BCUT2D eigenvalue weighted by molar-refractivity contribution is 7.99. The predicted molar refractivity (Wildman–Crippen MR) is 65.2 cm³/mol. The topological polar surface area (TPSA) is 61.4 Å². The Labute approximate surface area is 96.2 Å². The van der Waals surface area contributed by atoms with Gasteiger partial charge in [-0.15, -0.1) is 0 Å². The molecule has 5 heteroatoms. The number of nitrogens with one attached hydrogen (secondary N) is 2. The molecule has 0 spiro atoms. The molecule has 0 saturated carbocycles. The molecule has 0 aliphatic carbocycles. The number of aliphatic hydroxyl groups is 1. The Morgan fingerprint density at radius 2 is 2.20 bits per heavy atom. The van der Waals surface area contributed by atoms with E-state index in [9.17, 15) is 4.79 Å². The molecule has 0 radical (unpaired) electrons. The van der Waals surface area contributed by atoms with E-state index in [-0.39, 0.29) is 23.8 Å². The van der Waals surface area contributed by atoms with Crippen molar-refractivity contribution in [2.45, 2.75) is 31.6 Å². The molecule has 0 aromatic carbocycles. The Morgan fingerprint density at radius 3 is 2.67 bits per heavy atom. The summed E-state index contributed by atoms with van der Waals surface area (Å²) in [7, 11) is 0. The number of carbonyl (C=O) groups excluding carboxylic acids is 1. The number of amides is 1. The molecule has 0 bridgehead atoms. The lowest BCUT2D eigenvalue weighted by Crippen LogP contribution is -2.44. The van der Waals surface area contributed by atoms with Crippen LogP contribution in [0.25, 0.3) is 0 Å². The minimum Gasteiger partial charge on any atom is -0.395 e. The van der Waals surface area contributed by atoms with Gasteiger partial charge < -0.3 is 15.7 Å². The summed E-state index contributed by atoms with van der Waals surface area (Å²) in [5.74, 6) is -0.0107. The van der Waals surface area contributed by atoms with Gasteiger partial charge in [-0.05, 0) is 26.1 Å². The molecule has 4 nitrogen and oxygen atoms in total. The van der Waals surface area contributed by atoms with Crippen LogP contribution in [0, 0.1) is 0 Å². The first kappa shape index (κ1) is 14.7. The first-order valence-corrected chi connectivity index (χ1v) is 6.58. The summed E-state index contributed by atoms with van der Waals surface area (Å²) >= 11 is 1.56. The minimum atomic E-state index is -0.0107. The number of hydrogen-bond donors (Lipinski definition) is 3. The third-order valence-corrected chi connectivity index (χ3v) is 3.30. The number of carbonyl (C=O) groups is 1. The number of thioether (sulfide) groups is 1. The monoisotopic (exact) mass is 234 g/mol. The summed E-state index contributed by atoms with van der Waals surface area (Å²) in [5, 5.41) is 15.0. The highest BCUT2D eigenvalue weighted by Crippen LogP contribution is 2.09. The van der Waals surface area contributed by atoms with Crippen molar-refractivity contribution in [2.75, 3.05) is 26.0 Å². The fourth-order valence-corrected chi connectivity index (χ4v) is 1.84. The van der Waals surface area contributed by atoms with Gasteiger partial charge in [0.25, 0.3) is 0 Å². The summed E-state index contributed by atoms with van der Waals surface area (Å²) in [6.45, 7) is 5.27. The second-order valence-corrected chi connectivity index (χ2v) is 4.57. The van der Waals surface area contributed by atoms with E-state index in [0.29, 0.717) is 6.54 Å². The van der Waals surface area contributed by atoms with Crippen molar-refractivity contribution in [1.82, 2.24) is 10.6 Å². The van der Waals surface area contributed by atoms with Gasteiger partial charge in [-0.2, -0.15) is 11.8 Å². The largest absolute Gasteiger partial charge is 0.395 e. The standard InChI is InChI=1S/C10H22N2O2S/c1-4-5-11-6-10(14)12-8(2)9(7-13)15-3/h8-9,11,13H,4-7H2,1-3H3,(H,12,14). The first-order chi connectivity index (χ1) is 7.15. The third kappa shape index (κ3) is 6.76. The van der Waals surface area contributed by atoms with Crippen LogP contribution in [0.2, 0.25) is 0 Å². The lowest BCUT2D eigenvalue weighted by atomic mass is 10.2. The van der Waals surface area contributed by atoms with Crippen molar-refractivity contribution in [3.8, 4) is 0 Å². The SMILES string of the molecule is CCCNCC(=O)NC(C)C(CO)SC. The maximum atomic E-state index is 11.4. The fourth-order valence-electron chi connectivity index (χ4n) is 1.21. The quantitative estimate of drug-likeness (QED) is 0.526. The third-order valence-electron chi connectivity index (χ3n) is 2.14. The normalized spacial score (nSPS) is 14.7. The molecule has 0 heterocycles. The second kappa shape index (κ2) is 9.00. The number of hydrogen-bond acceptors (Lipinski definition) is 4. The van der Waals surface area contributed by atoms with Gasteiger partial charge in [-0.1, -0.05) is 6.92 Å². The summed E-state index contributed by atoms with van der Waals surface area (Å²) in [5.41, 5.74) is 0. The van der Waals surface area contributed by atoms with Crippen LogP contribution in [-0.2, 0) is 4.79 Å². The van der Waals surface area contributed by atoms with E-state index in [0.717, 1.165) is 13.0 Å². The Balaban J connectivity index is 3.74. The van der Waals surface area contributed by atoms with Gasteiger partial charge >= 0.3 is 0 Å². The van der Waals surface area contributed by atoms with Crippen molar-refractivity contribution >= 4 is 17.7 Å². The molecule has 0 aliphatic heterocycles. The van der Waals surface area contributed by atoms with Crippen LogP contribution in [0.5, 0.6) is 0 Å². The molecule has 0 saturated heterocycles. The Hall–Kier alpha value is -0.260. The highest BCUT2D eigenvalue weighted by Gasteiger charge is 2.16. The first-order valence-electron chi connectivity index (χ1n) is 5.29. The summed E-state index contributed by atoms with van der Waals surface area (Å²) in [6, 6.07) is 0.000858. The van der Waals surface area contributed by atoms with Crippen LogP contribution in [0.3, 0.4) is 0 Å². The van der Waals surface area contributed by atoms with E-state index < -0.39 is 0 Å². The molecule has 0 aromatic rings. The molecule has 90 valence electrons. The molecule has 1 amide bonds. The zero-order valence-corrected chi connectivity index (χ0v) is 10.6. The molecular formula is C10H22N2O2S. The Bertz CT molecular complexity index is 175. The van der Waals surface area contributed by atoms with Gasteiger partial charge in [-0.25, -0.2) is 0 Å². The maximum Gasteiger partial charge on any atom is 0.234 e. The Kier molecular flexibility index (Phi) is 8.85. The summed E-state index contributed by atoms with van der Waals surface area (Å²) in [4.78, 5) is 11.4. The number of rotatable bonds is 8. The van der Waals surface area contributed by atoms with Crippen molar-refractivity contribution < 1.29 is 9.90 Å². The van der Waals surface area contributed by atoms with Crippen LogP contribution in [0.4, 0.5) is 0 Å². The van der Waals surface area contributed by atoms with E-state index in [1.807, 2.05) is 13.2 Å². The van der Waals surface area contributed by atoms with Gasteiger partial charge in [-0.3, -0.25) is 4.79 Å². The average molecular weight is 234 g/mol. The average Bonchev–Trinajstić information content (AvgIpc) is 2.20. The van der Waals surface area contributed by atoms with E-state index in [1.54, 1.807) is 11.8 Å². The van der Waals surface area contributed by atoms with Gasteiger partial charge in [0.1, 0.15) is 0 Å². The van der Waals surface area contributed by atoms with Gasteiger partial charge in [0.2, 0.25) is 5.91 Å². The van der Waals surface area contributed by atoms with E-state index in [2.05, 4.69) is 17.6 Å².